The smallest absolute Gasteiger partial charge is 0.305 e. The first-order valence-electron chi connectivity index (χ1n) is 6.33. The van der Waals surface area contributed by atoms with Crippen LogP contribution in [0.5, 0.6) is 0 Å². The fraction of sp³-hybridized carbons (Fsp3) is 0.429. The lowest BCUT2D eigenvalue weighted by atomic mass is 9.88. The second-order valence-electron chi connectivity index (χ2n) is 4.64. The van der Waals surface area contributed by atoms with Gasteiger partial charge < -0.3 is 10.4 Å². The molecule has 6 heteroatoms. The first-order valence-corrected chi connectivity index (χ1v) is 6.70. The quantitative estimate of drug-likeness (QED) is 0.847. The van der Waals surface area contributed by atoms with E-state index in [0.29, 0.717) is 12.8 Å². The van der Waals surface area contributed by atoms with Crippen LogP contribution in [0.4, 0.5) is 4.39 Å². The van der Waals surface area contributed by atoms with E-state index in [-0.39, 0.29) is 17.0 Å². The molecule has 2 N–H and O–H groups in total. The number of carboxylic acids is 1. The molecule has 0 saturated carbocycles. The summed E-state index contributed by atoms with van der Waals surface area (Å²) in [4.78, 5) is 23.0. The number of rotatable bonds is 6. The summed E-state index contributed by atoms with van der Waals surface area (Å²) in [5.74, 6) is -2.37. The second-order valence-corrected chi connectivity index (χ2v) is 5.07. The Hall–Kier alpha value is -1.62. The van der Waals surface area contributed by atoms with Crippen molar-refractivity contribution in [2.45, 2.75) is 38.6 Å². The lowest BCUT2D eigenvalue weighted by Crippen LogP contribution is -2.49. The number of amides is 1. The molecule has 4 nitrogen and oxygen atoms in total. The number of benzene rings is 1. The summed E-state index contributed by atoms with van der Waals surface area (Å²) in [6.45, 7) is 3.57. The van der Waals surface area contributed by atoms with E-state index in [1.807, 2.05) is 0 Å². The Morgan fingerprint density at radius 2 is 1.95 bits per heavy atom. The summed E-state index contributed by atoms with van der Waals surface area (Å²) in [7, 11) is 0. The molecule has 1 aromatic carbocycles. The highest BCUT2D eigenvalue weighted by molar-refractivity contribution is 6.30. The van der Waals surface area contributed by atoms with Crippen LogP contribution in [-0.2, 0) is 4.79 Å². The summed E-state index contributed by atoms with van der Waals surface area (Å²) in [6.07, 6.45) is 0.675. The Morgan fingerprint density at radius 1 is 1.35 bits per heavy atom. The van der Waals surface area contributed by atoms with Crippen LogP contribution in [0.15, 0.2) is 18.2 Å². The zero-order valence-electron chi connectivity index (χ0n) is 11.4. The number of aliphatic carboxylic acids is 1. The van der Waals surface area contributed by atoms with E-state index in [9.17, 15) is 14.0 Å². The van der Waals surface area contributed by atoms with Gasteiger partial charge in [0.2, 0.25) is 0 Å². The van der Waals surface area contributed by atoms with Crippen molar-refractivity contribution in [1.29, 1.82) is 0 Å². The van der Waals surface area contributed by atoms with Gasteiger partial charge >= 0.3 is 5.97 Å². The van der Waals surface area contributed by atoms with Crippen molar-refractivity contribution in [3.63, 3.8) is 0 Å². The fourth-order valence-corrected chi connectivity index (χ4v) is 2.15. The second kappa shape index (κ2) is 6.70. The molecule has 1 amide bonds. The zero-order chi connectivity index (χ0) is 15.3. The Bertz CT molecular complexity index is 515. The molecule has 0 aromatic heterocycles. The van der Waals surface area contributed by atoms with E-state index < -0.39 is 23.2 Å². The number of hydrogen-bond donors (Lipinski definition) is 2. The van der Waals surface area contributed by atoms with Crippen LogP contribution >= 0.6 is 11.6 Å². The summed E-state index contributed by atoms with van der Waals surface area (Å²) < 4.78 is 13.7. The van der Waals surface area contributed by atoms with Crippen molar-refractivity contribution in [2.75, 3.05) is 0 Å². The monoisotopic (exact) mass is 301 g/mol. The van der Waals surface area contributed by atoms with Gasteiger partial charge in [-0.2, -0.15) is 0 Å². The molecule has 0 aliphatic rings. The molecule has 0 aliphatic carbocycles. The number of carbonyl (C=O) groups is 2. The van der Waals surface area contributed by atoms with Gasteiger partial charge in [0.1, 0.15) is 5.82 Å². The molecule has 1 rings (SSSR count). The van der Waals surface area contributed by atoms with Gasteiger partial charge in [0.05, 0.1) is 17.5 Å². The molecule has 0 atom stereocenters. The number of halogens is 2. The minimum Gasteiger partial charge on any atom is -0.481 e. The summed E-state index contributed by atoms with van der Waals surface area (Å²) in [6, 6.07) is 3.74. The van der Waals surface area contributed by atoms with Gasteiger partial charge in [-0.3, -0.25) is 9.59 Å². The maximum atomic E-state index is 13.7. The van der Waals surface area contributed by atoms with Crippen molar-refractivity contribution >= 4 is 23.5 Å². The summed E-state index contributed by atoms with van der Waals surface area (Å²) in [5.41, 5.74) is -1.03. The largest absolute Gasteiger partial charge is 0.481 e. The van der Waals surface area contributed by atoms with Gasteiger partial charge in [-0.1, -0.05) is 25.4 Å². The van der Waals surface area contributed by atoms with Crippen molar-refractivity contribution in [2.24, 2.45) is 0 Å². The Labute approximate surface area is 121 Å². The van der Waals surface area contributed by atoms with Crippen LogP contribution in [0, 0.1) is 5.82 Å². The van der Waals surface area contributed by atoms with E-state index in [0.717, 1.165) is 6.07 Å². The molecule has 0 fully saturated rings. The predicted octanol–water partition coefficient (Wildman–Crippen LogP) is 3.24. The van der Waals surface area contributed by atoms with E-state index in [4.69, 9.17) is 16.7 Å². The van der Waals surface area contributed by atoms with Gasteiger partial charge in [-0.15, -0.1) is 0 Å². The van der Waals surface area contributed by atoms with E-state index in [1.54, 1.807) is 13.8 Å². The fourth-order valence-electron chi connectivity index (χ4n) is 1.99. The Kier molecular flexibility index (Phi) is 5.51. The highest BCUT2D eigenvalue weighted by Gasteiger charge is 2.31. The number of hydrogen-bond acceptors (Lipinski definition) is 2. The van der Waals surface area contributed by atoms with Gasteiger partial charge in [0.25, 0.3) is 5.91 Å². The minimum atomic E-state index is -1.01. The lowest BCUT2D eigenvalue weighted by Gasteiger charge is -2.31. The molecule has 0 spiro atoms. The maximum absolute atomic E-state index is 13.7. The third-order valence-electron chi connectivity index (χ3n) is 3.40. The highest BCUT2D eigenvalue weighted by atomic mass is 35.5. The average molecular weight is 302 g/mol. The van der Waals surface area contributed by atoms with E-state index in [2.05, 4.69) is 5.32 Å². The first-order chi connectivity index (χ1) is 9.33. The molecule has 0 saturated heterocycles. The van der Waals surface area contributed by atoms with Gasteiger partial charge in [-0.05, 0) is 31.0 Å². The zero-order valence-corrected chi connectivity index (χ0v) is 12.1. The van der Waals surface area contributed by atoms with Crippen LogP contribution in [0.2, 0.25) is 5.02 Å². The third kappa shape index (κ3) is 3.93. The third-order valence-corrected chi connectivity index (χ3v) is 3.63. The molecule has 0 radical (unpaired) electrons. The Balaban J connectivity index is 2.99. The van der Waals surface area contributed by atoms with Gasteiger partial charge in [0.15, 0.2) is 0 Å². The Morgan fingerprint density at radius 3 is 2.40 bits per heavy atom. The lowest BCUT2D eigenvalue weighted by molar-refractivity contribution is -0.138. The average Bonchev–Trinajstić information content (AvgIpc) is 2.37. The van der Waals surface area contributed by atoms with Gasteiger partial charge in [-0.25, -0.2) is 4.39 Å². The van der Waals surface area contributed by atoms with Crippen LogP contribution in [0.25, 0.3) is 0 Å². The van der Waals surface area contributed by atoms with Crippen LogP contribution in [0.3, 0.4) is 0 Å². The van der Waals surface area contributed by atoms with E-state index >= 15 is 0 Å². The minimum absolute atomic E-state index is 0.147. The van der Waals surface area contributed by atoms with Crippen LogP contribution in [-0.4, -0.2) is 22.5 Å². The number of carboxylic acid groups (broad SMARTS) is 1. The molecule has 20 heavy (non-hydrogen) atoms. The van der Waals surface area contributed by atoms with Crippen LogP contribution in [0.1, 0.15) is 43.5 Å². The molecule has 1 aromatic rings. The molecule has 0 bridgehead atoms. The number of carbonyl (C=O) groups excluding carboxylic acids is 1. The van der Waals surface area contributed by atoms with Gasteiger partial charge in [0, 0.05) is 5.02 Å². The molecular formula is C14H17ClFNO3. The van der Waals surface area contributed by atoms with Crippen LogP contribution < -0.4 is 5.32 Å². The topological polar surface area (TPSA) is 66.4 Å². The van der Waals surface area contributed by atoms with E-state index in [1.165, 1.54) is 12.1 Å². The molecule has 0 unspecified atom stereocenters. The molecule has 0 heterocycles. The van der Waals surface area contributed by atoms with Crippen molar-refractivity contribution in [1.82, 2.24) is 5.32 Å². The molecule has 0 aliphatic heterocycles. The maximum Gasteiger partial charge on any atom is 0.305 e. The predicted molar refractivity (Wildman–Crippen MR) is 74.4 cm³/mol. The highest BCUT2D eigenvalue weighted by Crippen LogP contribution is 2.22. The normalized spacial score (nSPS) is 11.2. The standard InChI is InChI=1S/C14H17ClFNO3/c1-3-14(4-2,8-12(18)19)17-13(20)10-6-5-9(15)7-11(10)16/h5-7H,3-4,8H2,1-2H3,(H,17,20)(H,18,19). The van der Waals surface area contributed by atoms with Crippen molar-refractivity contribution in [3.8, 4) is 0 Å². The SMILES string of the molecule is CCC(CC)(CC(=O)O)NC(=O)c1ccc(Cl)cc1F. The molecule has 110 valence electrons. The summed E-state index contributed by atoms with van der Waals surface area (Å²) in [5, 5.41) is 11.8. The summed E-state index contributed by atoms with van der Waals surface area (Å²) >= 11 is 5.63. The molecular weight excluding hydrogens is 285 g/mol. The number of nitrogens with one attached hydrogen (secondary N) is 1. The van der Waals surface area contributed by atoms with Crippen molar-refractivity contribution in [3.05, 3.63) is 34.6 Å². The van der Waals surface area contributed by atoms with Crippen molar-refractivity contribution < 1.29 is 19.1 Å². The first kappa shape index (κ1) is 16.4.